The first-order valence-electron chi connectivity index (χ1n) is 11.2. The molecule has 3 aromatic carbocycles. The highest BCUT2D eigenvalue weighted by Crippen LogP contribution is 2.31. The maximum Gasteiger partial charge on any atom is 0.416 e. The number of hydrogen-bond donors (Lipinski definition) is 0. The Labute approximate surface area is 201 Å². The molecule has 1 heterocycles. The lowest BCUT2D eigenvalue weighted by Crippen LogP contribution is -2.31. The van der Waals surface area contributed by atoms with E-state index in [0.29, 0.717) is 17.9 Å². The molecular formula is C28H24F3NO3. The minimum absolute atomic E-state index is 0.257. The van der Waals surface area contributed by atoms with Crippen LogP contribution in [0.25, 0.3) is 16.9 Å². The fourth-order valence-electron chi connectivity index (χ4n) is 3.76. The normalized spacial score (nSPS) is 12.2. The lowest BCUT2D eigenvalue weighted by Gasteiger charge is -2.18. The lowest BCUT2D eigenvalue weighted by molar-refractivity contribution is -0.151. The number of carbonyl (C=O) groups is 1. The van der Waals surface area contributed by atoms with Gasteiger partial charge in [-0.05, 0) is 78.7 Å². The summed E-state index contributed by atoms with van der Waals surface area (Å²) in [6.07, 6.45) is -3.01. The molecule has 4 nitrogen and oxygen atoms in total. The highest BCUT2D eigenvalue weighted by atomic mass is 19.4. The molecule has 0 N–H and O–H groups in total. The summed E-state index contributed by atoms with van der Waals surface area (Å²) in [7, 11) is 0. The van der Waals surface area contributed by atoms with Crippen LogP contribution in [0.1, 0.15) is 18.1 Å². The Kier molecular flexibility index (Phi) is 7.25. The zero-order valence-corrected chi connectivity index (χ0v) is 19.0. The number of ether oxygens (including phenoxy) is 2. The van der Waals surface area contributed by atoms with E-state index in [1.807, 2.05) is 59.2 Å². The highest BCUT2D eigenvalue weighted by Gasteiger charge is 2.30. The third-order valence-corrected chi connectivity index (χ3v) is 5.46. The first-order valence-corrected chi connectivity index (χ1v) is 11.2. The van der Waals surface area contributed by atoms with E-state index < -0.39 is 23.8 Å². The summed E-state index contributed by atoms with van der Waals surface area (Å²) in [4.78, 5) is 12.5. The van der Waals surface area contributed by atoms with Gasteiger partial charge in [0.05, 0.1) is 17.9 Å². The molecule has 0 amide bonds. The topological polar surface area (TPSA) is 40.5 Å². The molecule has 0 aliphatic carbocycles. The van der Waals surface area contributed by atoms with Gasteiger partial charge in [0, 0.05) is 18.3 Å². The van der Waals surface area contributed by atoms with Crippen molar-refractivity contribution < 1.29 is 27.4 Å². The molecule has 0 unspecified atom stereocenters. The van der Waals surface area contributed by atoms with Crippen molar-refractivity contribution in [3.63, 3.8) is 0 Å². The van der Waals surface area contributed by atoms with E-state index in [1.54, 1.807) is 25.3 Å². The summed E-state index contributed by atoms with van der Waals surface area (Å²) >= 11 is 0. The first kappa shape index (κ1) is 24.1. The Hall–Kier alpha value is -4.00. The molecule has 0 bridgehead atoms. The minimum Gasteiger partial charge on any atom is -0.478 e. The van der Waals surface area contributed by atoms with Crippen molar-refractivity contribution in [3.05, 3.63) is 108 Å². The molecule has 0 radical (unpaired) electrons. The molecule has 35 heavy (non-hydrogen) atoms. The average molecular weight is 479 g/mol. The number of carbonyl (C=O) groups excluding carboxylic acids is 1. The summed E-state index contributed by atoms with van der Waals surface area (Å²) < 4.78 is 51.7. The number of nitrogens with zero attached hydrogens (tertiary/aromatic N) is 1. The second-order valence-electron chi connectivity index (χ2n) is 7.88. The second-order valence-corrected chi connectivity index (χ2v) is 7.88. The number of hydrogen-bond acceptors (Lipinski definition) is 3. The van der Waals surface area contributed by atoms with Crippen molar-refractivity contribution in [1.29, 1.82) is 0 Å². The Bertz CT molecular complexity index is 1250. The summed E-state index contributed by atoms with van der Waals surface area (Å²) in [5, 5.41) is 0. The van der Waals surface area contributed by atoms with Gasteiger partial charge in [0.1, 0.15) is 5.75 Å². The molecule has 0 saturated carbocycles. The van der Waals surface area contributed by atoms with Crippen molar-refractivity contribution in [3.8, 4) is 22.7 Å². The van der Waals surface area contributed by atoms with Gasteiger partial charge in [0.15, 0.2) is 6.10 Å². The fraction of sp³-hybridized carbons (Fsp3) is 0.179. The lowest BCUT2D eigenvalue weighted by atomic mass is 10.1. The van der Waals surface area contributed by atoms with Crippen LogP contribution in [0, 0.1) is 0 Å². The van der Waals surface area contributed by atoms with Gasteiger partial charge < -0.3 is 14.0 Å². The smallest absolute Gasteiger partial charge is 0.416 e. The molecule has 0 aliphatic heterocycles. The second kappa shape index (κ2) is 10.5. The zero-order chi connectivity index (χ0) is 24.8. The molecule has 0 saturated heterocycles. The number of esters is 1. The molecule has 1 aromatic heterocycles. The monoisotopic (exact) mass is 479 g/mol. The van der Waals surface area contributed by atoms with Crippen LogP contribution in [-0.2, 0) is 22.1 Å². The number of rotatable bonds is 8. The average Bonchev–Trinajstić information content (AvgIpc) is 3.34. The Balaban J connectivity index is 1.53. The van der Waals surface area contributed by atoms with E-state index >= 15 is 0 Å². The van der Waals surface area contributed by atoms with Crippen LogP contribution in [-0.4, -0.2) is 23.2 Å². The molecule has 4 aromatic rings. The van der Waals surface area contributed by atoms with Gasteiger partial charge in [0.2, 0.25) is 0 Å². The summed E-state index contributed by atoms with van der Waals surface area (Å²) in [5.41, 5.74) is 2.53. The van der Waals surface area contributed by atoms with Crippen LogP contribution < -0.4 is 4.74 Å². The maximum absolute atomic E-state index is 12.9. The molecular weight excluding hydrogens is 455 g/mol. The molecule has 7 heteroatoms. The van der Waals surface area contributed by atoms with Crippen LogP contribution >= 0.6 is 0 Å². The van der Waals surface area contributed by atoms with Gasteiger partial charge in [-0.2, -0.15) is 13.2 Å². The van der Waals surface area contributed by atoms with Crippen LogP contribution in [0.15, 0.2) is 97.2 Å². The number of benzene rings is 3. The molecule has 0 fully saturated rings. The predicted octanol–water partition coefficient (Wildman–Crippen LogP) is 6.72. The number of halogens is 3. The van der Waals surface area contributed by atoms with Crippen LogP contribution in [0.2, 0.25) is 0 Å². The molecule has 0 spiro atoms. The highest BCUT2D eigenvalue weighted by molar-refractivity contribution is 5.75. The fourth-order valence-corrected chi connectivity index (χ4v) is 3.76. The summed E-state index contributed by atoms with van der Waals surface area (Å²) in [6, 6.07) is 25.5. The third kappa shape index (κ3) is 5.93. The van der Waals surface area contributed by atoms with E-state index in [9.17, 15) is 18.0 Å². The zero-order valence-electron chi connectivity index (χ0n) is 19.0. The largest absolute Gasteiger partial charge is 0.478 e. The van der Waals surface area contributed by atoms with Gasteiger partial charge in [-0.3, -0.25) is 0 Å². The van der Waals surface area contributed by atoms with E-state index in [0.717, 1.165) is 29.0 Å². The number of aromatic nitrogens is 1. The Morgan fingerprint density at radius 2 is 1.57 bits per heavy atom. The van der Waals surface area contributed by atoms with E-state index in [1.165, 1.54) is 12.1 Å². The first-order chi connectivity index (χ1) is 16.8. The van der Waals surface area contributed by atoms with E-state index in [4.69, 9.17) is 9.47 Å². The van der Waals surface area contributed by atoms with Gasteiger partial charge >= 0.3 is 12.1 Å². The van der Waals surface area contributed by atoms with Crippen molar-refractivity contribution in [2.75, 3.05) is 6.61 Å². The van der Waals surface area contributed by atoms with Gasteiger partial charge in [0.25, 0.3) is 0 Å². The molecule has 0 aliphatic rings. The summed E-state index contributed by atoms with van der Waals surface area (Å²) in [5.74, 6) is 0.0759. The van der Waals surface area contributed by atoms with Crippen molar-refractivity contribution in [1.82, 2.24) is 4.57 Å². The minimum atomic E-state index is -4.38. The van der Waals surface area contributed by atoms with Gasteiger partial charge in [-0.25, -0.2) is 4.79 Å². The van der Waals surface area contributed by atoms with Gasteiger partial charge in [-0.15, -0.1) is 0 Å². The molecule has 180 valence electrons. The standard InChI is InChI=1S/C28H24F3NO3/c1-2-34-27(33)26(19-20-7-4-3-5-8-20)35-24-16-10-21(11-17-24)25-9-6-18-32(25)23-14-12-22(13-15-23)28(29,30)31/h3-18,26H,2,19H2,1H3/t26-/m1/s1. The Morgan fingerprint density at radius 3 is 2.20 bits per heavy atom. The molecule has 1 atom stereocenters. The van der Waals surface area contributed by atoms with Crippen LogP contribution in [0.4, 0.5) is 13.2 Å². The van der Waals surface area contributed by atoms with Crippen molar-refractivity contribution in [2.45, 2.75) is 25.6 Å². The van der Waals surface area contributed by atoms with Crippen molar-refractivity contribution in [2.24, 2.45) is 0 Å². The Morgan fingerprint density at radius 1 is 0.886 bits per heavy atom. The third-order valence-electron chi connectivity index (χ3n) is 5.46. The van der Waals surface area contributed by atoms with Gasteiger partial charge in [-0.1, -0.05) is 30.3 Å². The maximum atomic E-state index is 12.9. The number of alkyl halides is 3. The SMILES string of the molecule is CCOC(=O)[C@@H](Cc1ccccc1)Oc1ccc(-c2cccn2-c2ccc(C(F)(F)F)cc2)cc1. The van der Waals surface area contributed by atoms with Crippen LogP contribution in [0.5, 0.6) is 5.75 Å². The van der Waals surface area contributed by atoms with Crippen molar-refractivity contribution >= 4 is 5.97 Å². The van der Waals surface area contributed by atoms with E-state index in [-0.39, 0.29) is 6.61 Å². The van der Waals surface area contributed by atoms with Crippen LogP contribution in [0.3, 0.4) is 0 Å². The summed E-state index contributed by atoms with van der Waals surface area (Å²) in [6.45, 7) is 2.01. The predicted molar refractivity (Wildman–Crippen MR) is 127 cm³/mol. The van der Waals surface area contributed by atoms with E-state index in [2.05, 4.69) is 0 Å². The quantitative estimate of drug-likeness (QED) is 0.264. The molecule has 4 rings (SSSR count).